The zero-order valence-corrected chi connectivity index (χ0v) is 15.2. The van der Waals surface area contributed by atoms with Crippen molar-refractivity contribution in [2.75, 3.05) is 7.11 Å². The van der Waals surface area contributed by atoms with Gasteiger partial charge in [-0.2, -0.15) is 4.98 Å². The zero-order chi connectivity index (χ0) is 18.6. The maximum absolute atomic E-state index is 12.4. The molecule has 0 amide bonds. The minimum Gasteiger partial charge on any atom is -0.497 e. The smallest absolute Gasteiger partial charge is 0.350 e. The molecule has 27 heavy (non-hydrogen) atoms. The van der Waals surface area contributed by atoms with Gasteiger partial charge in [0, 0.05) is 18.0 Å². The average Bonchev–Trinajstić information content (AvgIpc) is 3.47. The lowest BCUT2D eigenvalue weighted by Crippen LogP contribution is -2.06. The van der Waals surface area contributed by atoms with Crippen LogP contribution in [0, 0.1) is 0 Å². The van der Waals surface area contributed by atoms with Crippen LogP contribution in [0.5, 0.6) is 5.75 Å². The van der Waals surface area contributed by atoms with Gasteiger partial charge in [0.05, 0.1) is 12.8 Å². The van der Waals surface area contributed by atoms with Gasteiger partial charge >= 0.3 is 5.97 Å². The molecule has 0 unspecified atom stereocenters. The summed E-state index contributed by atoms with van der Waals surface area (Å²) in [5.41, 5.74) is 1.56. The molecule has 3 aromatic heterocycles. The molecule has 0 saturated carbocycles. The second-order valence-electron chi connectivity index (χ2n) is 5.54. The fourth-order valence-electron chi connectivity index (χ4n) is 2.52. The van der Waals surface area contributed by atoms with Crippen molar-refractivity contribution in [2.24, 2.45) is 0 Å². The minimum absolute atomic E-state index is 0.0923. The van der Waals surface area contributed by atoms with E-state index in [1.807, 2.05) is 64.8 Å². The number of carbonyl (C=O) groups excluding carboxylic acids is 1. The summed E-state index contributed by atoms with van der Waals surface area (Å²) in [5, 5.41) is 5.77. The lowest BCUT2D eigenvalue weighted by Gasteiger charge is -2.04. The molecule has 8 heteroatoms. The Kier molecular flexibility index (Phi) is 4.71. The van der Waals surface area contributed by atoms with Gasteiger partial charge in [-0.1, -0.05) is 5.16 Å². The number of methoxy groups -OCH3 is 1. The summed E-state index contributed by atoms with van der Waals surface area (Å²) in [4.78, 5) is 17.2. The van der Waals surface area contributed by atoms with Crippen LogP contribution in [0.4, 0.5) is 0 Å². The van der Waals surface area contributed by atoms with Crippen LogP contribution in [0.15, 0.2) is 64.8 Å². The number of thiophene rings is 1. The number of aromatic nitrogens is 3. The highest BCUT2D eigenvalue weighted by Gasteiger charge is 2.17. The van der Waals surface area contributed by atoms with E-state index in [0.29, 0.717) is 10.7 Å². The number of esters is 1. The van der Waals surface area contributed by atoms with Gasteiger partial charge in [0.2, 0.25) is 5.82 Å². The predicted molar refractivity (Wildman–Crippen MR) is 99.1 cm³/mol. The number of hydrogen-bond acceptors (Lipinski definition) is 7. The lowest BCUT2D eigenvalue weighted by molar-refractivity contribution is 0.0435. The van der Waals surface area contributed by atoms with Crippen molar-refractivity contribution < 1.29 is 18.8 Å². The van der Waals surface area contributed by atoms with Crippen molar-refractivity contribution in [3.8, 4) is 22.8 Å². The first-order valence-electron chi connectivity index (χ1n) is 8.09. The molecule has 0 aliphatic rings. The topological polar surface area (TPSA) is 79.4 Å². The quantitative estimate of drug-likeness (QED) is 0.471. The van der Waals surface area contributed by atoms with Crippen LogP contribution < -0.4 is 4.74 Å². The van der Waals surface area contributed by atoms with Crippen LogP contribution in [0.25, 0.3) is 17.1 Å². The van der Waals surface area contributed by atoms with Crippen molar-refractivity contribution in [3.05, 3.63) is 71.0 Å². The van der Waals surface area contributed by atoms with Crippen molar-refractivity contribution in [1.82, 2.24) is 14.7 Å². The number of ether oxygens (including phenoxy) is 2. The molecular formula is C19H15N3O4S. The van der Waals surface area contributed by atoms with Crippen LogP contribution in [0.2, 0.25) is 0 Å². The first-order chi connectivity index (χ1) is 13.2. The van der Waals surface area contributed by atoms with Crippen molar-refractivity contribution >= 4 is 17.3 Å². The maximum Gasteiger partial charge on any atom is 0.350 e. The Labute approximate surface area is 158 Å². The number of carbonyl (C=O) groups is 1. The Hall–Kier alpha value is -3.39. The highest BCUT2D eigenvalue weighted by Crippen LogP contribution is 2.23. The van der Waals surface area contributed by atoms with Crippen molar-refractivity contribution in [2.45, 2.75) is 6.61 Å². The van der Waals surface area contributed by atoms with Gasteiger partial charge in [0.25, 0.3) is 5.89 Å². The summed E-state index contributed by atoms with van der Waals surface area (Å²) in [6.07, 6.45) is 3.75. The highest BCUT2D eigenvalue weighted by atomic mass is 32.1. The predicted octanol–water partition coefficient (Wildman–Crippen LogP) is 3.95. The van der Waals surface area contributed by atoms with Gasteiger partial charge in [0.1, 0.15) is 10.6 Å². The third kappa shape index (κ3) is 3.61. The largest absolute Gasteiger partial charge is 0.497 e. The summed E-state index contributed by atoms with van der Waals surface area (Å²) < 4.78 is 17.5. The Morgan fingerprint density at radius 3 is 2.70 bits per heavy atom. The van der Waals surface area contributed by atoms with E-state index in [0.717, 1.165) is 17.0 Å². The normalized spacial score (nSPS) is 10.7. The minimum atomic E-state index is -0.433. The molecule has 1 aromatic carbocycles. The van der Waals surface area contributed by atoms with Crippen LogP contribution in [-0.4, -0.2) is 27.8 Å². The third-order valence-corrected chi connectivity index (χ3v) is 4.74. The van der Waals surface area contributed by atoms with E-state index >= 15 is 0 Å². The molecule has 0 atom stereocenters. The second kappa shape index (κ2) is 7.46. The van der Waals surface area contributed by atoms with Gasteiger partial charge < -0.3 is 18.6 Å². The standard InChI is InChI=1S/C19H15N3O4S/c1-24-14-6-4-13(5-7-14)18-20-16(26-21-18)12-25-19(23)17-15(8-11-27-17)22-9-2-3-10-22/h2-11H,12H2,1H3. The summed E-state index contributed by atoms with van der Waals surface area (Å²) in [6, 6.07) is 12.9. The molecule has 4 aromatic rings. The van der Waals surface area contributed by atoms with E-state index in [1.165, 1.54) is 11.3 Å². The van der Waals surface area contributed by atoms with Gasteiger partial charge in [-0.3, -0.25) is 0 Å². The molecule has 0 aliphatic heterocycles. The van der Waals surface area contributed by atoms with Crippen LogP contribution >= 0.6 is 11.3 Å². The number of nitrogens with zero attached hydrogens (tertiary/aromatic N) is 3. The molecule has 0 bridgehead atoms. The summed E-state index contributed by atoms with van der Waals surface area (Å²) in [6.45, 7) is -0.0923. The molecule has 0 aliphatic carbocycles. The Morgan fingerprint density at radius 2 is 1.96 bits per heavy atom. The molecule has 0 fully saturated rings. The molecule has 4 rings (SSSR count). The molecule has 7 nitrogen and oxygen atoms in total. The van der Waals surface area contributed by atoms with Crippen LogP contribution in [-0.2, 0) is 11.3 Å². The average molecular weight is 381 g/mol. The fourth-order valence-corrected chi connectivity index (χ4v) is 3.30. The number of rotatable bonds is 6. The molecule has 0 spiro atoms. The summed E-state index contributed by atoms with van der Waals surface area (Å²) in [5.74, 6) is 0.963. The molecular weight excluding hydrogens is 366 g/mol. The Bertz CT molecular complexity index is 1040. The van der Waals surface area contributed by atoms with Gasteiger partial charge in [-0.25, -0.2) is 4.79 Å². The lowest BCUT2D eigenvalue weighted by atomic mass is 10.2. The number of hydrogen-bond donors (Lipinski definition) is 0. The molecule has 0 saturated heterocycles. The summed E-state index contributed by atoms with van der Waals surface area (Å²) >= 11 is 1.32. The first-order valence-corrected chi connectivity index (χ1v) is 8.97. The SMILES string of the molecule is COc1ccc(-c2noc(COC(=O)c3sccc3-n3cccc3)n2)cc1. The van der Waals surface area contributed by atoms with E-state index in [9.17, 15) is 4.79 Å². The summed E-state index contributed by atoms with van der Waals surface area (Å²) in [7, 11) is 1.60. The molecule has 3 heterocycles. The maximum atomic E-state index is 12.4. The van der Waals surface area contributed by atoms with E-state index in [-0.39, 0.29) is 12.5 Å². The Morgan fingerprint density at radius 1 is 1.19 bits per heavy atom. The third-order valence-electron chi connectivity index (χ3n) is 3.86. The van der Waals surface area contributed by atoms with E-state index in [2.05, 4.69) is 10.1 Å². The van der Waals surface area contributed by atoms with E-state index in [1.54, 1.807) is 7.11 Å². The molecule has 0 radical (unpaired) electrons. The Balaban J connectivity index is 1.43. The van der Waals surface area contributed by atoms with E-state index in [4.69, 9.17) is 14.0 Å². The van der Waals surface area contributed by atoms with Crippen LogP contribution in [0.3, 0.4) is 0 Å². The fraction of sp³-hybridized carbons (Fsp3) is 0.105. The van der Waals surface area contributed by atoms with E-state index < -0.39 is 5.97 Å². The van der Waals surface area contributed by atoms with Crippen molar-refractivity contribution in [3.63, 3.8) is 0 Å². The van der Waals surface area contributed by atoms with Gasteiger partial charge in [0.15, 0.2) is 6.61 Å². The highest BCUT2D eigenvalue weighted by molar-refractivity contribution is 7.12. The molecule has 0 N–H and O–H groups in total. The first kappa shape index (κ1) is 17.0. The number of benzene rings is 1. The monoisotopic (exact) mass is 381 g/mol. The molecule has 136 valence electrons. The second-order valence-corrected chi connectivity index (χ2v) is 6.46. The van der Waals surface area contributed by atoms with Crippen molar-refractivity contribution in [1.29, 1.82) is 0 Å². The zero-order valence-electron chi connectivity index (χ0n) is 14.4. The van der Waals surface area contributed by atoms with Crippen LogP contribution in [0.1, 0.15) is 15.6 Å². The van der Waals surface area contributed by atoms with Gasteiger partial charge in [-0.15, -0.1) is 11.3 Å². The van der Waals surface area contributed by atoms with Gasteiger partial charge in [-0.05, 0) is 47.8 Å².